The maximum atomic E-state index is 11.9. The fourth-order valence-electron chi connectivity index (χ4n) is 2.50. The lowest BCUT2D eigenvalue weighted by Crippen LogP contribution is -2.29. The second-order valence-corrected chi connectivity index (χ2v) is 4.73. The summed E-state index contributed by atoms with van der Waals surface area (Å²) in [6.45, 7) is 2.63. The number of anilines is 2. The van der Waals surface area contributed by atoms with Crippen molar-refractivity contribution in [2.24, 2.45) is 0 Å². The molecule has 1 aromatic rings. The van der Waals surface area contributed by atoms with Crippen LogP contribution in [0.4, 0.5) is 16.2 Å². The van der Waals surface area contributed by atoms with E-state index in [1.165, 1.54) is 17.7 Å². The third kappa shape index (κ3) is 1.73. The van der Waals surface area contributed by atoms with Crippen LogP contribution in [0.15, 0.2) is 18.2 Å². The van der Waals surface area contributed by atoms with E-state index in [2.05, 4.69) is 23.5 Å². The minimum Gasteiger partial charge on any atom is -0.385 e. The number of urea groups is 1. The minimum absolute atomic E-state index is 0.0979. The zero-order valence-corrected chi connectivity index (χ0v) is 10.1. The highest BCUT2D eigenvalue weighted by atomic mass is 16.2. The van der Waals surface area contributed by atoms with Crippen molar-refractivity contribution >= 4 is 17.4 Å². The van der Waals surface area contributed by atoms with Crippen LogP contribution in [0.25, 0.3) is 0 Å². The Bertz CT molecular complexity index is 458. The van der Waals surface area contributed by atoms with Crippen molar-refractivity contribution in [3.8, 4) is 0 Å². The summed E-state index contributed by atoms with van der Waals surface area (Å²) >= 11 is 0. The van der Waals surface area contributed by atoms with Crippen molar-refractivity contribution in [1.29, 1.82) is 0 Å². The van der Waals surface area contributed by atoms with Gasteiger partial charge in [0.05, 0.1) is 0 Å². The summed E-state index contributed by atoms with van der Waals surface area (Å²) in [5.74, 6) is 0. The Morgan fingerprint density at radius 2 is 2.18 bits per heavy atom. The molecule has 2 heterocycles. The van der Waals surface area contributed by atoms with Gasteiger partial charge in [-0.15, -0.1) is 0 Å². The Hall–Kier alpha value is -1.71. The number of nitrogens with one attached hydrogen (secondary N) is 1. The number of hydrogen-bond acceptors (Lipinski definition) is 2. The van der Waals surface area contributed by atoms with Crippen LogP contribution < -0.4 is 10.2 Å². The summed E-state index contributed by atoms with van der Waals surface area (Å²) in [5, 5.41) is 3.40. The van der Waals surface area contributed by atoms with Crippen LogP contribution in [0.3, 0.4) is 0 Å². The molecule has 0 spiro atoms. The molecule has 1 fully saturated rings. The van der Waals surface area contributed by atoms with Gasteiger partial charge in [0.2, 0.25) is 0 Å². The Morgan fingerprint density at radius 1 is 1.29 bits per heavy atom. The van der Waals surface area contributed by atoms with Gasteiger partial charge in [-0.2, -0.15) is 0 Å². The molecule has 1 aromatic carbocycles. The van der Waals surface area contributed by atoms with E-state index < -0.39 is 0 Å². The lowest BCUT2D eigenvalue weighted by Gasteiger charge is -2.22. The van der Waals surface area contributed by atoms with Gasteiger partial charge in [-0.05, 0) is 30.5 Å². The molecule has 0 aliphatic carbocycles. The fourth-order valence-corrected chi connectivity index (χ4v) is 2.50. The molecule has 17 heavy (non-hydrogen) atoms. The number of aryl methyl sites for hydroxylation is 1. The third-order valence-electron chi connectivity index (χ3n) is 3.56. The minimum atomic E-state index is 0.0979. The number of carbonyl (C=O) groups excluding carboxylic acids is 1. The van der Waals surface area contributed by atoms with Crippen LogP contribution in [0, 0.1) is 0 Å². The molecule has 0 bridgehead atoms. The van der Waals surface area contributed by atoms with Gasteiger partial charge >= 0.3 is 6.03 Å². The molecule has 0 unspecified atom stereocenters. The molecule has 0 radical (unpaired) electrons. The van der Waals surface area contributed by atoms with E-state index in [-0.39, 0.29) is 6.03 Å². The van der Waals surface area contributed by atoms with E-state index in [9.17, 15) is 4.79 Å². The van der Waals surface area contributed by atoms with E-state index in [4.69, 9.17) is 0 Å². The van der Waals surface area contributed by atoms with Crippen LogP contribution >= 0.6 is 0 Å². The summed E-state index contributed by atoms with van der Waals surface area (Å²) < 4.78 is 0. The summed E-state index contributed by atoms with van der Waals surface area (Å²) in [7, 11) is 1.85. The summed E-state index contributed by atoms with van der Waals surface area (Å²) in [4.78, 5) is 15.5. The molecular formula is C13H17N3O. The quantitative estimate of drug-likeness (QED) is 0.801. The molecule has 1 N–H and O–H groups in total. The second kappa shape index (κ2) is 3.95. The Labute approximate surface area is 101 Å². The molecule has 3 rings (SSSR count). The standard InChI is InChI=1S/C13H17N3O/c1-15-7-8-16(13(15)17)11-5-4-10-3-2-6-14-12(10)9-11/h4-5,9,14H,2-3,6-8H2,1H3. The van der Waals surface area contributed by atoms with Gasteiger partial charge in [0, 0.05) is 38.1 Å². The van der Waals surface area contributed by atoms with E-state index in [0.717, 1.165) is 31.7 Å². The van der Waals surface area contributed by atoms with Crippen molar-refractivity contribution in [3.63, 3.8) is 0 Å². The summed E-state index contributed by atoms with van der Waals surface area (Å²) in [5.41, 5.74) is 3.56. The highest BCUT2D eigenvalue weighted by Gasteiger charge is 2.27. The van der Waals surface area contributed by atoms with Gasteiger partial charge in [0.1, 0.15) is 0 Å². The van der Waals surface area contributed by atoms with Gasteiger partial charge in [-0.3, -0.25) is 4.90 Å². The molecule has 2 amide bonds. The molecule has 0 atom stereocenters. The molecule has 1 saturated heterocycles. The van der Waals surface area contributed by atoms with Crippen molar-refractivity contribution in [3.05, 3.63) is 23.8 Å². The number of fused-ring (bicyclic) bond motifs is 1. The van der Waals surface area contributed by atoms with Crippen LogP contribution in [0.5, 0.6) is 0 Å². The predicted octanol–water partition coefficient (Wildman–Crippen LogP) is 1.92. The lowest BCUT2D eigenvalue weighted by atomic mass is 10.0. The van der Waals surface area contributed by atoms with Crippen LogP contribution in [0.1, 0.15) is 12.0 Å². The maximum absolute atomic E-state index is 11.9. The first-order chi connectivity index (χ1) is 8.25. The van der Waals surface area contributed by atoms with Crippen LogP contribution in [-0.2, 0) is 6.42 Å². The second-order valence-electron chi connectivity index (χ2n) is 4.73. The molecule has 4 nitrogen and oxygen atoms in total. The number of rotatable bonds is 1. The predicted molar refractivity (Wildman–Crippen MR) is 68.6 cm³/mol. The zero-order chi connectivity index (χ0) is 11.8. The highest BCUT2D eigenvalue weighted by molar-refractivity contribution is 5.94. The number of carbonyl (C=O) groups is 1. The number of hydrogen-bond donors (Lipinski definition) is 1. The average Bonchev–Trinajstić information content (AvgIpc) is 2.70. The van der Waals surface area contributed by atoms with E-state index in [1.54, 1.807) is 4.90 Å². The van der Waals surface area contributed by atoms with Gasteiger partial charge in [0.15, 0.2) is 0 Å². The van der Waals surface area contributed by atoms with Gasteiger partial charge in [0.25, 0.3) is 0 Å². The summed E-state index contributed by atoms with van der Waals surface area (Å²) in [6.07, 6.45) is 2.33. The number of benzene rings is 1. The van der Waals surface area contributed by atoms with Crippen molar-refractivity contribution in [2.45, 2.75) is 12.8 Å². The lowest BCUT2D eigenvalue weighted by molar-refractivity contribution is 0.229. The number of amides is 2. The van der Waals surface area contributed by atoms with Crippen molar-refractivity contribution in [2.75, 3.05) is 36.9 Å². The monoisotopic (exact) mass is 231 g/mol. The largest absolute Gasteiger partial charge is 0.385 e. The SMILES string of the molecule is CN1CCN(c2ccc3c(c2)NCCC3)C1=O. The molecular weight excluding hydrogens is 214 g/mol. The average molecular weight is 231 g/mol. The first-order valence-corrected chi connectivity index (χ1v) is 6.15. The van der Waals surface area contributed by atoms with Crippen LogP contribution in [-0.4, -0.2) is 37.6 Å². The van der Waals surface area contributed by atoms with E-state index >= 15 is 0 Å². The van der Waals surface area contributed by atoms with Crippen LogP contribution in [0.2, 0.25) is 0 Å². The number of nitrogens with zero attached hydrogens (tertiary/aromatic N) is 2. The molecule has 0 aromatic heterocycles. The van der Waals surface area contributed by atoms with Gasteiger partial charge in [-0.25, -0.2) is 4.79 Å². The zero-order valence-electron chi connectivity index (χ0n) is 10.1. The highest BCUT2D eigenvalue weighted by Crippen LogP contribution is 2.28. The third-order valence-corrected chi connectivity index (χ3v) is 3.56. The maximum Gasteiger partial charge on any atom is 0.324 e. The molecule has 4 heteroatoms. The molecule has 0 saturated carbocycles. The molecule has 2 aliphatic heterocycles. The number of likely N-dealkylation sites (N-methyl/N-ethyl adjacent to an activating group) is 1. The van der Waals surface area contributed by atoms with Crippen molar-refractivity contribution < 1.29 is 4.79 Å². The first kappa shape index (κ1) is 10.4. The Balaban J connectivity index is 1.91. The Morgan fingerprint density at radius 3 is 2.94 bits per heavy atom. The Kier molecular flexibility index (Phi) is 2.42. The first-order valence-electron chi connectivity index (χ1n) is 6.15. The smallest absolute Gasteiger partial charge is 0.324 e. The molecule has 2 aliphatic rings. The normalized spacial score (nSPS) is 19.2. The van der Waals surface area contributed by atoms with E-state index in [0.29, 0.717) is 0 Å². The van der Waals surface area contributed by atoms with Gasteiger partial charge in [-0.1, -0.05) is 6.07 Å². The summed E-state index contributed by atoms with van der Waals surface area (Å²) in [6, 6.07) is 6.40. The van der Waals surface area contributed by atoms with Gasteiger partial charge < -0.3 is 10.2 Å². The van der Waals surface area contributed by atoms with Crippen molar-refractivity contribution in [1.82, 2.24) is 4.90 Å². The topological polar surface area (TPSA) is 35.6 Å². The fraction of sp³-hybridized carbons (Fsp3) is 0.462. The molecule has 90 valence electrons. The van der Waals surface area contributed by atoms with E-state index in [1.807, 2.05) is 11.9 Å².